The van der Waals surface area contributed by atoms with Crippen molar-refractivity contribution in [3.8, 4) is 11.9 Å². The molecule has 0 atom stereocenters. The molecule has 4 nitrogen and oxygen atoms in total. The second kappa shape index (κ2) is 4.90. The van der Waals surface area contributed by atoms with E-state index in [1.807, 2.05) is 23.2 Å². The van der Waals surface area contributed by atoms with Gasteiger partial charge in [0, 0.05) is 18.8 Å². The molecular weight excluding hydrogens is 222 g/mol. The Bertz CT molecular complexity index is 453. The summed E-state index contributed by atoms with van der Waals surface area (Å²) in [5, 5.41) is 18.7. The molecule has 1 saturated heterocycles. The molecule has 1 aromatic carbocycles. The monoisotopic (exact) mass is 233 g/mol. The predicted molar refractivity (Wildman–Crippen MR) is 64.0 cm³/mol. The van der Waals surface area contributed by atoms with Crippen molar-refractivity contribution in [3.63, 3.8) is 0 Å². The highest BCUT2D eigenvalue weighted by Crippen LogP contribution is 2.21. The quantitative estimate of drug-likeness (QED) is 0.791. The molecule has 0 aromatic heterocycles. The van der Waals surface area contributed by atoms with Crippen LogP contribution in [0.15, 0.2) is 29.3 Å². The number of amidine groups is 1. The zero-order valence-electron chi connectivity index (χ0n) is 8.63. The van der Waals surface area contributed by atoms with Crippen LogP contribution in [-0.4, -0.2) is 27.5 Å². The van der Waals surface area contributed by atoms with Crippen LogP contribution in [0.4, 0.5) is 0 Å². The number of hydrogen-bond donors (Lipinski definition) is 1. The number of hydrogen-bond acceptors (Lipinski definition) is 4. The lowest BCUT2D eigenvalue weighted by Crippen LogP contribution is -2.23. The average Bonchev–Trinajstić information content (AvgIpc) is 2.66. The van der Waals surface area contributed by atoms with Crippen LogP contribution in [0.2, 0.25) is 0 Å². The lowest BCUT2D eigenvalue weighted by molar-refractivity contribution is 0.449. The lowest BCUT2D eigenvalue weighted by atomic mass is 10.2. The van der Waals surface area contributed by atoms with E-state index in [1.54, 1.807) is 23.9 Å². The molecule has 1 N–H and O–H groups in total. The minimum Gasteiger partial charge on any atom is -0.508 e. The zero-order valence-corrected chi connectivity index (χ0v) is 9.44. The molecule has 1 heterocycles. The van der Waals surface area contributed by atoms with E-state index in [2.05, 4.69) is 4.99 Å². The third kappa shape index (κ3) is 2.47. The molecule has 1 aliphatic rings. The molecule has 0 bridgehead atoms. The Morgan fingerprint density at radius 2 is 2.44 bits per heavy atom. The van der Waals surface area contributed by atoms with E-state index in [0.29, 0.717) is 6.54 Å². The number of aromatic hydroxyl groups is 1. The first kappa shape index (κ1) is 10.8. The highest BCUT2D eigenvalue weighted by molar-refractivity contribution is 8.14. The van der Waals surface area contributed by atoms with Crippen molar-refractivity contribution >= 4 is 16.9 Å². The summed E-state index contributed by atoms with van der Waals surface area (Å²) in [7, 11) is 0. The zero-order chi connectivity index (χ0) is 11.4. The largest absolute Gasteiger partial charge is 0.508 e. The number of benzene rings is 1. The Balaban J connectivity index is 2.10. The van der Waals surface area contributed by atoms with Gasteiger partial charge in [-0.25, -0.2) is 0 Å². The van der Waals surface area contributed by atoms with E-state index >= 15 is 0 Å². The predicted octanol–water partition coefficient (Wildman–Crippen LogP) is 1.78. The fraction of sp³-hybridized carbons (Fsp3) is 0.273. The standard InChI is InChI=1S/C11H11N3OS/c12-8-13-11-14(4-5-16-11)7-9-2-1-3-10(15)6-9/h1-3,6,15H,4-5,7H2/b13-11+. The summed E-state index contributed by atoms with van der Waals surface area (Å²) < 4.78 is 0. The van der Waals surface area contributed by atoms with E-state index in [-0.39, 0.29) is 5.75 Å². The molecule has 0 amide bonds. The van der Waals surface area contributed by atoms with Crippen LogP contribution >= 0.6 is 11.8 Å². The number of phenols is 1. The molecule has 0 saturated carbocycles. The number of thioether (sulfide) groups is 1. The third-order valence-corrected chi connectivity index (χ3v) is 3.29. The van der Waals surface area contributed by atoms with Crippen molar-refractivity contribution in [2.24, 2.45) is 4.99 Å². The molecule has 5 heteroatoms. The summed E-state index contributed by atoms with van der Waals surface area (Å²) in [5.41, 5.74) is 1.02. The van der Waals surface area contributed by atoms with E-state index in [0.717, 1.165) is 23.0 Å². The van der Waals surface area contributed by atoms with Gasteiger partial charge < -0.3 is 10.0 Å². The molecule has 1 aromatic rings. The molecule has 0 aliphatic carbocycles. The number of nitriles is 1. The highest BCUT2D eigenvalue weighted by atomic mass is 32.2. The van der Waals surface area contributed by atoms with Gasteiger partial charge in [0.15, 0.2) is 5.17 Å². The van der Waals surface area contributed by atoms with Gasteiger partial charge in [-0.1, -0.05) is 23.9 Å². The van der Waals surface area contributed by atoms with Crippen LogP contribution in [0.3, 0.4) is 0 Å². The third-order valence-electron chi connectivity index (χ3n) is 2.29. The Labute approximate surface area is 98.2 Å². The summed E-state index contributed by atoms with van der Waals surface area (Å²) in [6.45, 7) is 1.57. The van der Waals surface area contributed by atoms with Crippen LogP contribution in [0.5, 0.6) is 5.75 Å². The summed E-state index contributed by atoms with van der Waals surface area (Å²) in [6.07, 6.45) is 1.81. The molecule has 16 heavy (non-hydrogen) atoms. The van der Waals surface area contributed by atoms with Crippen molar-refractivity contribution in [2.75, 3.05) is 12.3 Å². The highest BCUT2D eigenvalue weighted by Gasteiger charge is 2.19. The van der Waals surface area contributed by atoms with E-state index in [9.17, 15) is 5.11 Å². The van der Waals surface area contributed by atoms with Gasteiger partial charge in [0.05, 0.1) is 0 Å². The van der Waals surface area contributed by atoms with Crippen molar-refractivity contribution in [3.05, 3.63) is 29.8 Å². The van der Waals surface area contributed by atoms with Crippen LogP contribution in [0, 0.1) is 11.5 Å². The van der Waals surface area contributed by atoms with Crippen molar-refractivity contribution < 1.29 is 5.11 Å². The maximum atomic E-state index is 9.35. The normalized spacial score (nSPS) is 17.7. The molecule has 1 fully saturated rings. The maximum Gasteiger partial charge on any atom is 0.208 e. The SMILES string of the molecule is N#C/N=C1/SCCN1Cc1cccc(O)c1. The Hall–Kier alpha value is -1.67. The second-order valence-corrected chi connectivity index (χ2v) is 4.50. The average molecular weight is 233 g/mol. The molecular formula is C11H11N3OS. The van der Waals surface area contributed by atoms with Crippen LogP contribution < -0.4 is 0 Å². The van der Waals surface area contributed by atoms with E-state index < -0.39 is 0 Å². The molecule has 2 rings (SSSR count). The van der Waals surface area contributed by atoms with Crippen LogP contribution in [0.1, 0.15) is 5.56 Å². The van der Waals surface area contributed by atoms with Gasteiger partial charge in [0.2, 0.25) is 6.19 Å². The van der Waals surface area contributed by atoms with Gasteiger partial charge >= 0.3 is 0 Å². The molecule has 1 aliphatic heterocycles. The van der Waals surface area contributed by atoms with Gasteiger partial charge in [-0.3, -0.25) is 0 Å². The minimum atomic E-state index is 0.267. The summed E-state index contributed by atoms with van der Waals surface area (Å²) in [4.78, 5) is 5.82. The van der Waals surface area contributed by atoms with Gasteiger partial charge in [-0.15, -0.1) is 4.99 Å². The first-order chi connectivity index (χ1) is 7.79. The number of nitrogens with zero attached hydrogens (tertiary/aromatic N) is 3. The minimum absolute atomic E-state index is 0.267. The number of phenolic OH excluding ortho intramolecular Hbond substituents is 1. The lowest BCUT2D eigenvalue weighted by Gasteiger charge is -2.16. The molecule has 82 valence electrons. The van der Waals surface area contributed by atoms with Crippen molar-refractivity contribution in [2.45, 2.75) is 6.54 Å². The number of aliphatic imine (C=N–C) groups is 1. The molecule has 0 unspecified atom stereocenters. The van der Waals surface area contributed by atoms with Gasteiger partial charge in [-0.05, 0) is 17.7 Å². The smallest absolute Gasteiger partial charge is 0.208 e. The Morgan fingerprint density at radius 1 is 1.56 bits per heavy atom. The van der Waals surface area contributed by atoms with Crippen molar-refractivity contribution in [1.82, 2.24) is 4.90 Å². The topological polar surface area (TPSA) is 59.6 Å². The van der Waals surface area contributed by atoms with Crippen molar-refractivity contribution in [1.29, 1.82) is 5.26 Å². The van der Waals surface area contributed by atoms with E-state index in [1.165, 1.54) is 0 Å². The summed E-state index contributed by atoms with van der Waals surface area (Å²) in [6, 6.07) is 7.14. The Morgan fingerprint density at radius 3 is 3.19 bits per heavy atom. The first-order valence-corrected chi connectivity index (χ1v) is 5.90. The second-order valence-electron chi connectivity index (χ2n) is 3.43. The Kier molecular flexibility index (Phi) is 3.32. The van der Waals surface area contributed by atoms with Gasteiger partial charge in [-0.2, -0.15) is 5.26 Å². The first-order valence-electron chi connectivity index (χ1n) is 4.92. The van der Waals surface area contributed by atoms with E-state index in [4.69, 9.17) is 5.26 Å². The van der Waals surface area contributed by atoms with Crippen LogP contribution in [0.25, 0.3) is 0 Å². The summed E-state index contributed by atoms with van der Waals surface area (Å²) in [5.74, 6) is 1.22. The van der Waals surface area contributed by atoms with Gasteiger partial charge in [0.25, 0.3) is 0 Å². The molecule has 0 spiro atoms. The fourth-order valence-corrected chi connectivity index (χ4v) is 2.54. The van der Waals surface area contributed by atoms with Crippen LogP contribution in [-0.2, 0) is 6.54 Å². The van der Waals surface area contributed by atoms with Gasteiger partial charge in [0.1, 0.15) is 5.75 Å². The maximum absolute atomic E-state index is 9.35. The summed E-state index contributed by atoms with van der Waals surface area (Å²) >= 11 is 1.59. The fourth-order valence-electron chi connectivity index (χ4n) is 1.60. The number of rotatable bonds is 2. The molecule has 0 radical (unpaired) electrons.